The fourth-order valence-electron chi connectivity index (χ4n) is 9.32. The van der Waals surface area contributed by atoms with Crippen molar-refractivity contribution in [2.24, 2.45) is 29.4 Å². The molecule has 79 heavy (non-hydrogen) atoms. The van der Waals surface area contributed by atoms with Gasteiger partial charge in [0.25, 0.3) is 5.91 Å². The normalized spacial score (nSPS) is 15.1. The molecule has 0 bridgehead atoms. The molecule has 21 heteroatoms. The first kappa shape index (κ1) is 66.4. The van der Waals surface area contributed by atoms with Gasteiger partial charge < -0.3 is 47.4 Å². The average Bonchev–Trinajstić information content (AvgIpc) is 3.90. The molecule has 21 nitrogen and oxygen atoms in total. The lowest BCUT2D eigenvalue weighted by Gasteiger charge is -2.31. The van der Waals surface area contributed by atoms with Gasteiger partial charge in [0.2, 0.25) is 53.2 Å². The van der Waals surface area contributed by atoms with Gasteiger partial charge in [-0.3, -0.25) is 58.8 Å². The molecule has 0 saturated carbocycles. The number of carbonyl (C=O) groups is 10. The van der Waals surface area contributed by atoms with Gasteiger partial charge in [-0.15, -0.1) is 0 Å². The monoisotopic (exact) mass is 1100 g/mol. The summed E-state index contributed by atoms with van der Waals surface area (Å²) in [5.41, 5.74) is 13.1. The van der Waals surface area contributed by atoms with Gasteiger partial charge >= 0.3 is 0 Å². The predicted molar refractivity (Wildman–Crippen MR) is 301 cm³/mol. The SMILES string of the molecule is CC(=O)NCc1ccc(CC(=O)NNC(=O)[C@@H](CC(C)C)NC(=O)[C@@H](CC(C)C)NC(=O)[C@H](CC(C)C)NC(=O)[C@H](CCc2ccccc2)NC(=O)CN(CCCCN)C(=O)[C@H](CC(C)C)NC(=O)[C@@H]2CCCN2C(C)=O)cc1. The molecule has 1 aliphatic heterocycles. The number of aryl methyl sites for hydroxylation is 1. The van der Waals surface area contributed by atoms with Crippen LogP contribution in [-0.2, 0) is 67.3 Å². The average molecular weight is 1100 g/mol. The van der Waals surface area contributed by atoms with E-state index in [1.54, 1.807) is 24.3 Å². The van der Waals surface area contributed by atoms with Crippen molar-refractivity contribution in [1.82, 2.24) is 52.6 Å². The van der Waals surface area contributed by atoms with Crippen LogP contribution in [0.2, 0.25) is 0 Å². The van der Waals surface area contributed by atoms with Crippen molar-refractivity contribution >= 4 is 59.1 Å². The van der Waals surface area contributed by atoms with Crippen molar-refractivity contribution in [1.29, 1.82) is 0 Å². The fraction of sp³-hybridized carbons (Fsp3) is 0.621. The van der Waals surface area contributed by atoms with Gasteiger partial charge in [0.1, 0.15) is 36.3 Å². The Kier molecular flexibility index (Phi) is 28.7. The summed E-state index contributed by atoms with van der Waals surface area (Å²) in [6.45, 7) is 18.7. The Morgan fingerprint density at radius 1 is 0.582 bits per heavy atom. The van der Waals surface area contributed by atoms with Crippen LogP contribution < -0.4 is 48.5 Å². The zero-order valence-electron chi connectivity index (χ0n) is 48.3. The number of likely N-dealkylation sites (tertiary alicyclic amines) is 1. The van der Waals surface area contributed by atoms with E-state index in [1.807, 2.05) is 85.7 Å². The summed E-state index contributed by atoms with van der Waals surface area (Å²) in [5.74, 6) is -5.44. The molecule has 0 aromatic heterocycles. The quantitative estimate of drug-likeness (QED) is 0.0379. The summed E-state index contributed by atoms with van der Waals surface area (Å²) in [4.78, 5) is 138. The van der Waals surface area contributed by atoms with Crippen molar-refractivity contribution in [3.63, 3.8) is 0 Å². The molecule has 6 atom stereocenters. The van der Waals surface area contributed by atoms with Gasteiger partial charge in [-0.25, -0.2) is 0 Å². The number of hydrogen-bond donors (Lipinski definition) is 9. The van der Waals surface area contributed by atoms with E-state index in [4.69, 9.17) is 5.73 Å². The van der Waals surface area contributed by atoms with Crippen molar-refractivity contribution in [3.05, 3.63) is 71.3 Å². The standard InChI is InChI=1S/C58H91N11O10/c1-36(2)29-46(54(75)63-47(30-37(3)4)55(76)64-48(31-38(5)6)56(77)67-66-51(72)33-43-20-22-44(23-21-43)34-60-40(9)70)62-53(74)45(25-24-42-17-12-11-13-18-42)61-52(73)35-68(27-15-14-26-59)58(79)49(32-39(7)8)65-57(78)50-19-16-28-69(50)41(10)71/h11-13,17-18,20-23,36-39,45-50H,14-16,19,24-35,59H2,1-10H3,(H,60,70)(H,61,73)(H,62,74)(H,63,75)(H,64,76)(H,65,78)(H,66,72)(H,67,77)/t45-,46-,47+,48+,49-,50-/m0/s1. The topological polar surface area (TPSA) is 299 Å². The Labute approximate surface area is 467 Å². The summed E-state index contributed by atoms with van der Waals surface area (Å²) >= 11 is 0. The highest BCUT2D eigenvalue weighted by atomic mass is 16.2. The second kappa shape index (κ2) is 34.2. The Morgan fingerprint density at radius 3 is 1.62 bits per heavy atom. The molecular formula is C58H91N11O10. The molecule has 0 unspecified atom stereocenters. The number of carbonyl (C=O) groups excluding carboxylic acids is 10. The summed E-state index contributed by atoms with van der Waals surface area (Å²) in [5, 5.41) is 16.9. The molecule has 0 spiro atoms. The highest BCUT2D eigenvalue weighted by molar-refractivity contribution is 5.97. The lowest BCUT2D eigenvalue weighted by Crippen LogP contribution is -2.60. The van der Waals surface area contributed by atoms with E-state index >= 15 is 0 Å². The largest absolute Gasteiger partial charge is 0.352 e. The van der Waals surface area contributed by atoms with Gasteiger partial charge in [0, 0.05) is 33.5 Å². The van der Waals surface area contributed by atoms with Crippen LogP contribution in [0.25, 0.3) is 0 Å². The molecule has 3 rings (SSSR count). The van der Waals surface area contributed by atoms with Crippen LogP contribution in [0.3, 0.4) is 0 Å². The Balaban J connectivity index is 1.83. The van der Waals surface area contributed by atoms with Crippen LogP contribution >= 0.6 is 0 Å². The molecule has 0 radical (unpaired) electrons. The summed E-state index contributed by atoms with van der Waals surface area (Å²) < 4.78 is 0. The highest BCUT2D eigenvalue weighted by Gasteiger charge is 2.37. The maximum atomic E-state index is 14.5. The number of benzene rings is 2. The number of unbranched alkanes of at least 4 members (excludes halogenated alkanes) is 1. The molecule has 0 aliphatic carbocycles. The van der Waals surface area contributed by atoms with E-state index in [2.05, 4.69) is 42.8 Å². The smallest absolute Gasteiger partial charge is 0.260 e. The zero-order chi connectivity index (χ0) is 58.8. The van der Waals surface area contributed by atoms with E-state index in [-0.39, 0.29) is 80.6 Å². The van der Waals surface area contributed by atoms with Crippen molar-refractivity contribution in [2.45, 2.75) is 183 Å². The third-order valence-corrected chi connectivity index (χ3v) is 13.3. The van der Waals surface area contributed by atoms with E-state index in [0.29, 0.717) is 57.3 Å². The van der Waals surface area contributed by atoms with Crippen molar-refractivity contribution in [3.8, 4) is 0 Å². The minimum atomic E-state index is -1.19. The third-order valence-electron chi connectivity index (χ3n) is 13.3. The van der Waals surface area contributed by atoms with Crippen molar-refractivity contribution < 1.29 is 47.9 Å². The van der Waals surface area contributed by atoms with Gasteiger partial charge in [0.05, 0.1) is 13.0 Å². The maximum Gasteiger partial charge on any atom is 0.260 e. The van der Waals surface area contributed by atoms with Gasteiger partial charge in [0.15, 0.2) is 0 Å². The van der Waals surface area contributed by atoms with Crippen LogP contribution in [0.15, 0.2) is 54.6 Å². The van der Waals surface area contributed by atoms with Gasteiger partial charge in [-0.05, 0) is 111 Å². The van der Waals surface area contributed by atoms with Crippen molar-refractivity contribution in [2.75, 3.05) is 26.2 Å². The van der Waals surface area contributed by atoms with E-state index < -0.39 is 90.1 Å². The molecule has 10 amide bonds. The summed E-state index contributed by atoms with van der Waals surface area (Å²) in [6, 6.07) is 10.1. The minimum Gasteiger partial charge on any atom is -0.352 e. The molecule has 1 heterocycles. The fourth-order valence-corrected chi connectivity index (χ4v) is 9.32. The lowest BCUT2D eigenvalue weighted by molar-refractivity contribution is -0.142. The molecule has 10 N–H and O–H groups in total. The first-order valence-electron chi connectivity index (χ1n) is 28.1. The summed E-state index contributed by atoms with van der Waals surface area (Å²) in [7, 11) is 0. The second-order valence-corrected chi connectivity index (χ2v) is 22.5. The maximum absolute atomic E-state index is 14.5. The molecular weight excluding hydrogens is 1010 g/mol. The predicted octanol–water partition coefficient (Wildman–Crippen LogP) is 2.83. The number of rotatable bonds is 32. The van der Waals surface area contributed by atoms with Gasteiger partial charge in [-0.1, -0.05) is 110 Å². The first-order valence-corrected chi connectivity index (χ1v) is 28.1. The third kappa shape index (κ3) is 24.8. The first-order chi connectivity index (χ1) is 37.4. The molecule has 1 saturated heterocycles. The van der Waals surface area contributed by atoms with Crippen LogP contribution in [-0.4, -0.2) is 131 Å². The van der Waals surface area contributed by atoms with Crippen LogP contribution in [0, 0.1) is 23.7 Å². The van der Waals surface area contributed by atoms with E-state index in [1.165, 1.54) is 23.6 Å². The number of hydrogen-bond acceptors (Lipinski definition) is 11. The minimum absolute atomic E-state index is 0.0285. The number of hydrazine groups is 1. The van der Waals surface area contributed by atoms with Gasteiger partial charge in [-0.2, -0.15) is 0 Å². The molecule has 2 aromatic rings. The van der Waals surface area contributed by atoms with Crippen LogP contribution in [0.4, 0.5) is 0 Å². The Hall–Kier alpha value is -6.90. The number of nitrogens with two attached hydrogens (primary N) is 1. The van der Waals surface area contributed by atoms with Crippen LogP contribution in [0.1, 0.15) is 144 Å². The number of nitrogens with one attached hydrogen (secondary N) is 8. The van der Waals surface area contributed by atoms with E-state index in [9.17, 15) is 47.9 Å². The number of amides is 10. The highest BCUT2D eigenvalue weighted by Crippen LogP contribution is 2.20. The molecule has 1 aliphatic rings. The van der Waals surface area contributed by atoms with Crippen LogP contribution in [0.5, 0.6) is 0 Å². The molecule has 2 aromatic carbocycles. The zero-order valence-corrected chi connectivity index (χ0v) is 48.3. The lowest BCUT2D eigenvalue weighted by atomic mass is 9.98. The Morgan fingerprint density at radius 2 is 1.10 bits per heavy atom. The second-order valence-electron chi connectivity index (χ2n) is 22.5. The summed E-state index contributed by atoms with van der Waals surface area (Å²) in [6.07, 6.45) is 3.34. The Bertz CT molecular complexity index is 2330. The van der Waals surface area contributed by atoms with E-state index in [0.717, 1.165) is 11.1 Å². The molecule has 438 valence electrons. The number of nitrogens with zero attached hydrogens (tertiary/aromatic N) is 2. The molecule has 1 fully saturated rings.